The number of halogens is 1. The van der Waals surface area contributed by atoms with Gasteiger partial charge in [-0.2, -0.15) is 5.10 Å². The maximum absolute atomic E-state index is 13.3. The van der Waals surface area contributed by atoms with Crippen LogP contribution < -0.4 is 5.32 Å². The molecule has 0 aliphatic carbocycles. The highest BCUT2D eigenvalue weighted by atomic mass is 19.1. The Morgan fingerprint density at radius 3 is 3.00 bits per heavy atom. The predicted molar refractivity (Wildman–Crippen MR) is 77.6 cm³/mol. The van der Waals surface area contributed by atoms with E-state index >= 15 is 0 Å². The molecule has 2 N–H and O–H groups in total. The van der Waals surface area contributed by atoms with Gasteiger partial charge in [-0.1, -0.05) is 17.3 Å². The summed E-state index contributed by atoms with van der Waals surface area (Å²) in [6, 6.07) is 7.76. The lowest BCUT2D eigenvalue weighted by Gasteiger charge is -2.05. The molecule has 22 heavy (non-hydrogen) atoms. The van der Waals surface area contributed by atoms with Crippen LogP contribution >= 0.6 is 0 Å². The number of aryl methyl sites for hydroxylation is 1. The normalized spacial score (nSPS) is 10.6. The van der Waals surface area contributed by atoms with Gasteiger partial charge in [-0.25, -0.2) is 4.39 Å². The van der Waals surface area contributed by atoms with Crippen LogP contribution in [0.25, 0.3) is 11.1 Å². The second kappa shape index (κ2) is 5.80. The molecule has 6 nitrogen and oxygen atoms in total. The van der Waals surface area contributed by atoms with Crippen LogP contribution in [-0.4, -0.2) is 21.3 Å². The number of carbonyl (C=O) groups is 1. The van der Waals surface area contributed by atoms with E-state index in [0.29, 0.717) is 28.4 Å². The highest BCUT2D eigenvalue weighted by molar-refractivity contribution is 5.94. The van der Waals surface area contributed by atoms with Crippen LogP contribution in [0.2, 0.25) is 0 Å². The van der Waals surface area contributed by atoms with Gasteiger partial charge in [0.15, 0.2) is 0 Å². The van der Waals surface area contributed by atoms with Gasteiger partial charge in [0.25, 0.3) is 0 Å². The van der Waals surface area contributed by atoms with E-state index in [1.807, 2.05) is 0 Å². The van der Waals surface area contributed by atoms with Crippen molar-refractivity contribution in [2.75, 3.05) is 5.32 Å². The van der Waals surface area contributed by atoms with Gasteiger partial charge in [0.1, 0.15) is 17.4 Å². The minimum atomic E-state index is -0.354. The number of aromatic amines is 1. The van der Waals surface area contributed by atoms with Crippen molar-refractivity contribution in [3.05, 3.63) is 53.8 Å². The first-order chi connectivity index (χ1) is 10.6. The summed E-state index contributed by atoms with van der Waals surface area (Å²) in [5, 5.41) is 13.0. The van der Waals surface area contributed by atoms with Crippen molar-refractivity contribution < 1.29 is 13.7 Å². The molecule has 0 fully saturated rings. The lowest BCUT2D eigenvalue weighted by atomic mass is 10.1. The third-order valence-corrected chi connectivity index (χ3v) is 3.05. The Morgan fingerprint density at radius 2 is 2.27 bits per heavy atom. The number of carbonyl (C=O) groups excluding carboxylic acids is 1. The van der Waals surface area contributed by atoms with Crippen molar-refractivity contribution in [1.82, 2.24) is 15.4 Å². The number of nitrogens with zero attached hydrogens (tertiary/aromatic N) is 2. The molecule has 2 heterocycles. The molecule has 0 bridgehead atoms. The first-order valence-corrected chi connectivity index (χ1v) is 6.63. The van der Waals surface area contributed by atoms with Crippen molar-refractivity contribution in [2.45, 2.75) is 13.3 Å². The largest absolute Gasteiger partial charge is 0.361 e. The van der Waals surface area contributed by atoms with Gasteiger partial charge in [-0.05, 0) is 24.6 Å². The molecule has 0 aliphatic heterocycles. The summed E-state index contributed by atoms with van der Waals surface area (Å²) in [5.74, 6) is 0.250. The third-order valence-electron chi connectivity index (χ3n) is 3.05. The van der Waals surface area contributed by atoms with Gasteiger partial charge >= 0.3 is 0 Å². The number of H-pyrrole nitrogens is 1. The molecule has 2 aromatic heterocycles. The fourth-order valence-corrected chi connectivity index (χ4v) is 2.10. The van der Waals surface area contributed by atoms with Gasteiger partial charge in [0.2, 0.25) is 5.91 Å². The van der Waals surface area contributed by atoms with E-state index in [1.165, 1.54) is 18.3 Å². The van der Waals surface area contributed by atoms with Crippen LogP contribution in [0.3, 0.4) is 0 Å². The maximum Gasteiger partial charge on any atom is 0.233 e. The molecule has 0 saturated carbocycles. The zero-order valence-electron chi connectivity index (χ0n) is 11.8. The summed E-state index contributed by atoms with van der Waals surface area (Å²) >= 11 is 0. The number of hydrogen-bond donors (Lipinski definition) is 2. The fraction of sp³-hybridized carbons (Fsp3) is 0.133. The molecule has 7 heteroatoms. The number of benzene rings is 1. The van der Waals surface area contributed by atoms with Gasteiger partial charge in [-0.3, -0.25) is 9.89 Å². The molecule has 0 unspecified atom stereocenters. The predicted octanol–water partition coefficient (Wildman–Crippen LogP) is 2.69. The number of aromatic nitrogens is 3. The molecule has 112 valence electrons. The molecule has 0 radical (unpaired) electrons. The summed E-state index contributed by atoms with van der Waals surface area (Å²) in [7, 11) is 0. The van der Waals surface area contributed by atoms with Gasteiger partial charge in [-0.15, -0.1) is 0 Å². The van der Waals surface area contributed by atoms with E-state index in [-0.39, 0.29) is 18.1 Å². The van der Waals surface area contributed by atoms with Gasteiger partial charge in [0.05, 0.1) is 18.3 Å². The van der Waals surface area contributed by atoms with Crippen molar-refractivity contribution in [2.24, 2.45) is 0 Å². The molecule has 1 aromatic carbocycles. The Labute approximate surface area is 125 Å². The molecule has 0 atom stereocenters. The topological polar surface area (TPSA) is 83.8 Å². The van der Waals surface area contributed by atoms with Gasteiger partial charge < -0.3 is 9.84 Å². The third kappa shape index (κ3) is 3.03. The second-order valence-corrected chi connectivity index (χ2v) is 4.83. The lowest BCUT2D eigenvalue weighted by molar-refractivity contribution is -0.115. The van der Waals surface area contributed by atoms with Crippen LogP contribution in [0.1, 0.15) is 11.5 Å². The number of nitrogens with one attached hydrogen (secondary N) is 2. The molecular formula is C15H13FN4O2. The summed E-state index contributed by atoms with van der Waals surface area (Å²) in [6.07, 6.45) is 1.59. The van der Waals surface area contributed by atoms with Crippen LogP contribution in [0.4, 0.5) is 10.2 Å². The number of amides is 1. The minimum Gasteiger partial charge on any atom is -0.361 e. The Kier molecular flexibility index (Phi) is 3.69. The van der Waals surface area contributed by atoms with E-state index in [4.69, 9.17) is 4.52 Å². The zero-order chi connectivity index (χ0) is 15.5. The Bertz CT molecular complexity index is 809. The standard InChI is InChI=1S/C15H13FN4O2/c1-9-5-12(22-20-9)7-14(21)18-15-13(8-17-19-15)10-3-2-4-11(16)6-10/h2-6,8H,7H2,1H3,(H2,17,18,19,21). The highest BCUT2D eigenvalue weighted by Gasteiger charge is 2.13. The Balaban J connectivity index is 1.76. The number of rotatable bonds is 4. The molecule has 3 aromatic rings. The number of anilines is 1. The van der Waals surface area contributed by atoms with E-state index in [0.717, 1.165) is 0 Å². The average Bonchev–Trinajstić information content (AvgIpc) is 3.08. The second-order valence-electron chi connectivity index (χ2n) is 4.83. The summed E-state index contributed by atoms with van der Waals surface area (Å²) in [6.45, 7) is 1.78. The monoisotopic (exact) mass is 300 g/mol. The lowest BCUT2D eigenvalue weighted by Crippen LogP contribution is -2.14. The first kappa shape index (κ1) is 14.0. The number of hydrogen-bond acceptors (Lipinski definition) is 4. The summed E-state index contributed by atoms with van der Waals surface area (Å²) in [4.78, 5) is 12.0. The maximum atomic E-state index is 13.3. The molecule has 1 amide bonds. The van der Waals surface area contributed by atoms with Crippen LogP contribution in [0.5, 0.6) is 0 Å². The SMILES string of the molecule is Cc1cc(CC(=O)Nc2[nH]ncc2-c2cccc(F)c2)on1. The van der Waals surface area contributed by atoms with Crippen LogP contribution in [-0.2, 0) is 11.2 Å². The van der Waals surface area contributed by atoms with Crippen molar-refractivity contribution in [3.8, 4) is 11.1 Å². The van der Waals surface area contributed by atoms with Crippen LogP contribution in [0, 0.1) is 12.7 Å². The smallest absolute Gasteiger partial charge is 0.233 e. The summed E-state index contributed by atoms with van der Waals surface area (Å²) < 4.78 is 18.3. The van der Waals surface area contributed by atoms with E-state index in [9.17, 15) is 9.18 Å². The molecule has 0 aliphatic rings. The molecule has 3 rings (SSSR count). The van der Waals surface area contributed by atoms with Gasteiger partial charge in [0, 0.05) is 11.6 Å². The average molecular weight is 300 g/mol. The van der Waals surface area contributed by atoms with E-state index in [2.05, 4.69) is 20.7 Å². The quantitative estimate of drug-likeness (QED) is 0.776. The Morgan fingerprint density at radius 1 is 1.41 bits per heavy atom. The van der Waals surface area contributed by atoms with Crippen molar-refractivity contribution in [3.63, 3.8) is 0 Å². The minimum absolute atomic E-state index is 0.0580. The van der Waals surface area contributed by atoms with E-state index < -0.39 is 0 Å². The molecular weight excluding hydrogens is 287 g/mol. The first-order valence-electron chi connectivity index (χ1n) is 6.63. The van der Waals surface area contributed by atoms with Crippen LogP contribution in [0.15, 0.2) is 41.1 Å². The Hall–Kier alpha value is -2.96. The fourth-order valence-electron chi connectivity index (χ4n) is 2.10. The van der Waals surface area contributed by atoms with E-state index in [1.54, 1.807) is 25.1 Å². The zero-order valence-corrected chi connectivity index (χ0v) is 11.8. The van der Waals surface area contributed by atoms with Crippen molar-refractivity contribution in [1.29, 1.82) is 0 Å². The van der Waals surface area contributed by atoms with Crippen molar-refractivity contribution >= 4 is 11.7 Å². The summed E-state index contributed by atoms with van der Waals surface area (Å²) in [5.41, 5.74) is 1.95. The molecule has 0 saturated heterocycles. The molecule has 0 spiro atoms. The highest BCUT2D eigenvalue weighted by Crippen LogP contribution is 2.26.